The van der Waals surface area contributed by atoms with Gasteiger partial charge < -0.3 is 16.0 Å². The molecule has 0 aliphatic carbocycles. The number of hydrogen-bond donors (Lipinski definition) is 3. The first-order valence-corrected chi connectivity index (χ1v) is 13.2. The standard InChI is InChI=1S/C31H26N6O4/c32-28(39)27(21-7-4-8-22-23(21)17-37(31(22)41)24-13-14-26(38)36-30(24)40)34-25-15-16-33-29(35-25)20-11-9-19(10-12-20)18-5-2-1-3-6-18/h1-12,15-16,24,27H,13-14,17H2,(H2,32,39)(H,33,34,35)(H,36,38,40). The average Bonchev–Trinajstić information content (AvgIpc) is 3.32. The van der Waals surface area contributed by atoms with Crippen LogP contribution in [0.1, 0.15) is 40.4 Å². The number of carbonyl (C=O) groups excluding carboxylic acids is 4. The molecule has 4 aromatic rings. The number of nitrogens with zero attached hydrogens (tertiary/aromatic N) is 3. The van der Waals surface area contributed by atoms with Crippen LogP contribution in [0.5, 0.6) is 0 Å². The number of imide groups is 1. The number of anilines is 1. The number of piperidine rings is 1. The van der Waals surface area contributed by atoms with Crippen LogP contribution in [0.4, 0.5) is 5.82 Å². The summed E-state index contributed by atoms with van der Waals surface area (Å²) >= 11 is 0. The molecule has 204 valence electrons. The maximum atomic E-state index is 13.2. The summed E-state index contributed by atoms with van der Waals surface area (Å²) in [6, 6.07) is 22.8. The smallest absolute Gasteiger partial charge is 0.255 e. The summed E-state index contributed by atoms with van der Waals surface area (Å²) in [4.78, 5) is 60.5. The fourth-order valence-corrected chi connectivity index (χ4v) is 5.35. The molecule has 0 radical (unpaired) electrons. The number of fused-ring (bicyclic) bond motifs is 1. The minimum atomic E-state index is -0.998. The number of amides is 4. The number of aromatic nitrogens is 2. The number of benzene rings is 3. The van der Waals surface area contributed by atoms with Crippen LogP contribution in [-0.2, 0) is 20.9 Å². The molecule has 1 fully saturated rings. The molecule has 1 aromatic heterocycles. The van der Waals surface area contributed by atoms with E-state index in [9.17, 15) is 19.2 Å². The molecular formula is C31H26N6O4. The largest absolute Gasteiger partial charge is 0.368 e. The van der Waals surface area contributed by atoms with Crippen LogP contribution in [-0.4, -0.2) is 44.5 Å². The van der Waals surface area contributed by atoms with E-state index in [1.54, 1.807) is 30.5 Å². The quantitative estimate of drug-likeness (QED) is 0.302. The molecular weight excluding hydrogens is 520 g/mol. The first kappa shape index (κ1) is 25.9. The summed E-state index contributed by atoms with van der Waals surface area (Å²) in [6.07, 6.45) is 1.99. The third-order valence-corrected chi connectivity index (χ3v) is 7.41. The molecule has 2 aliphatic heterocycles. The van der Waals surface area contributed by atoms with Crippen LogP contribution >= 0.6 is 0 Å². The highest BCUT2D eigenvalue weighted by molar-refractivity contribution is 6.05. The maximum absolute atomic E-state index is 13.2. The van der Waals surface area contributed by atoms with Gasteiger partial charge in [-0.1, -0.05) is 66.7 Å². The van der Waals surface area contributed by atoms with Crippen molar-refractivity contribution < 1.29 is 19.2 Å². The highest BCUT2D eigenvalue weighted by atomic mass is 16.2. The lowest BCUT2D eigenvalue weighted by Gasteiger charge is -2.29. The van der Waals surface area contributed by atoms with E-state index in [4.69, 9.17) is 5.73 Å². The fourth-order valence-electron chi connectivity index (χ4n) is 5.35. The lowest BCUT2D eigenvalue weighted by atomic mass is 9.96. The SMILES string of the molecule is NC(=O)C(Nc1ccnc(-c2ccc(-c3ccccc3)cc2)n1)c1cccc2c1CN(C1CCC(=O)NC1=O)C2=O. The van der Waals surface area contributed by atoms with Crippen LogP contribution in [0.25, 0.3) is 22.5 Å². The zero-order chi connectivity index (χ0) is 28.5. The van der Waals surface area contributed by atoms with Crippen LogP contribution in [0, 0.1) is 0 Å². The molecule has 0 saturated carbocycles. The summed E-state index contributed by atoms with van der Waals surface area (Å²) in [5, 5.41) is 5.42. The number of nitrogens with one attached hydrogen (secondary N) is 2. The summed E-state index contributed by atoms with van der Waals surface area (Å²) in [5.41, 5.74) is 10.3. The molecule has 3 heterocycles. The lowest BCUT2D eigenvalue weighted by Crippen LogP contribution is -2.52. The van der Waals surface area contributed by atoms with Gasteiger partial charge in [-0.3, -0.25) is 24.5 Å². The zero-order valence-corrected chi connectivity index (χ0v) is 21.9. The van der Waals surface area contributed by atoms with Gasteiger partial charge in [0.2, 0.25) is 17.7 Å². The van der Waals surface area contributed by atoms with Crippen LogP contribution in [0.15, 0.2) is 85.1 Å². The third-order valence-electron chi connectivity index (χ3n) is 7.41. The molecule has 0 bridgehead atoms. The average molecular weight is 547 g/mol. The summed E-state index contributed by atoms with van der Waals surface area (Å²) in [6.45, 7) is 0.116. The third kappa shape index (κ3) is 5.03. The van der Waals surface area contributed by atoms with Crippen molar-refractivity contribution in [3.8, 4) is 22.5 Å². The van der Waals surface area contributed by atoms with Gasteiger partial charge in [-0.05, 0) is 40.8 Å². The Morgan fingerprint density at radius 2 is 1.66 bits per heavy atom. The van der Waals surface area contributed by atoms with Crippen molar-refractivity contribution in [1.29, 1.82) is 0 Å². The van der Waals surface area contributed by atoms with Gasteiger partial charge in [-0.2, -0.15) is 0 Å². The van der Waals surface area contributed by atoms with E-state index in [-0.39, 0.29) is 31.2 Å². The van der Waals surface area contributed by atoms with Gasteiger partial charge in [-0.25, -0.2) is 9.97 Å². The molecule has 4 amide bonds. The molecule has 6 rings (SSSR count). The predicted octanol–water partition coefficient (Wildman–Crippen LogP) is 3.21. The lowest BCUT2D eigenvalue weighted by molar-refractivity contribution is -0.137. The van der Waals surface area contributed by atoms with Crippen molar-refractivity contribution in [1.82, 2.24) is 20.2 Å². The number of carbonyl (C=O) groups is 4. The zero-order valence-electron chi connectivity index (χ0n) is 21.9. The van der Waals surface area contributed by atoms with E-state index in [2.05, 4.69) is 20.6 Å². The second kappa shape index (κ2) is 10.6. The first-order valence-electron chi connectivity index (χ1n) is 13.2. The Hall–Kier alpha value is -5.38. The predicted molar refractivity (Wildman–Crippen MR) is 151 cm³/mol. The molecule has 41 heavy (non-hydrogen) atoms. The van der Waals surface area contributed by atoms with E-state index < -0.39 is 23.9 Å². The Morgan fingerprint density at radius 1 is 0.927 bits per heavy atom. The van der Waals surface area contributed by atoms with Gasteiger partial charge in [0.1, 0.15) is 17.9 Å². The van der Waals surface area contributed by atoms with Crippen molar-refractivity contribution in [2.24, 2.45) is 5.73 Å². The molecule has 4 N–H and O–H groups in total. The highest BCUT2D eigenvalue weighted by Gasteiger charge is 2.40. The Morgan fingerprint density at radius 3 is 2.39 bits per heavy atom. The molecule has 0 spiro atoms. The van der Waals surface area contributed by atoms with E-state index >= 15 is 0 Å². The molecule has 10 heteroatoms. The molecule has 10 nitrogen and oxygen atoms in total. The van der Waals surface area contributed by atoms with Gasteiger partial charge in [0.15, 0.2) is 5.82 Å². The highest BCUT2D eigenvalue weighted by Crippen LogP contribution is 2.34. The van der Waals surface area contributed by atoms with Crippen molar-refractivity contribution in [3.63, 3.8) is 0 Å². The minimum absolute atomic E-state index is 0.116. The van der Waals surface area contributed by atoms with Crippen LogP contribution < -0.4 is 16.4 Å². The minimum Gasteiger partial charge on any atom is -0.368 e. The number of primary amides is 1. The fraction of sp³-hybridized carbons (Fsp3) is 0.161. The summed E-state index contributed by atoms with van der Waals surface area (Å²) in [5.74, 6) is -0.991. The van der Waals surface area contributed by atoms with E-state index in [0.717, 1.165) is 16.7 Å². The van der Waals surface area contributed by atoms with Crippen LogP contribution in [0.2, 0.25) is 0 Å². The normalized spacial score (nSPS) is 17.1. The van der Waals surface area contributed by atoms with Gasteiger partial charge in [0.05, 0.1) is 0 Å². The molecule has 2 atom stereocenters. The van der Waals surface area contributed by atoms with Crippen molar-refractivity contribution >= 4 is 29.4 Å². The van der Waals surface area contributed by atoms with E-state index in [1.807, 2.05) is 54.6 Å². The topological polar surface area (TPSA) is 147 Å². The number of rotatable bonds is 7. The van der Waals surface area contributed by atoms with Crippen molar-refractivity contribution in [2.75, 3.05) is 5.32 Å². The van der Waals surface area contributed by atoms with Crippen LogP contribution in [0.3, 0.4) is 0 Å². The van der Waals surface area contributed by atoms with Crippen molar-refractivity contribution in [2.45, 2.75) is 31.5 Å². The monoisotopic (exact) mass is 546 g/mol. The van der Waals surface area contributed by atoms with Gasteiger partial charge in [-0.15, -0.1) is 0 Å². The second-order valence-corrected chi connectivity index (χ2v) is 9.96. The molecule has 2 aliphatic rings. The summed E-state index contributed by atoms with van der Waals surface area (Å²) in [7, 11) is 0. The Kier molecular flexibility index (Phi) is 6.72. The number of hydrogen-bond acceptors (Lipinski definition) is 7. The van der Waals surface area contributed by atoms with Gasteiger partial charge in [0.25, 0.3) is 5.91 Å². The summed E-state index contributed by atoms with van der Waals surface area (Å²) < 4.78 is 0. The molecule has 1 saturated heterocycles. The van der Waals surface area contributed by atoms with Crippen molar-refractivity contribution in [3.05, 3.63) is 102 Å². The van der Waals surface area contributed by atoms with Gasteiger partial charge in [0, 0.05) is 30.3 Å². The maximum Gasteiger partial charge on any atom is 0.255 e. The Labute approximate surface area is 235 Å². The first-order chi connectivity index (χ1) is 19.9. The van der Waals surface area contributed by atoms with E-state index in [1.165, 1.54) is 4.90 Å². The Balaban J connectivity index is 1.25. The molecule has 2 unspecified atom stereocenters. The molecule has 3 aromatic carbocycles. The van der Waals surface area contributed by atoms with E-state index in [0.29, 0.717) is 28.3 Å². The number of nitrogens with two attached hydrogens (primary N) is 1. The Bertz CT molecular complexity index is 1670. The second-order valence-electron chi connectivity index (χ2n) is 9.96. The van der Waals surface area contributed by atoms with Gasteiger partial charge >= 0.3 is 0 Å².